The van der Waals surface area contributed by atoms with E-state index in [4.69, 9.17) is 10.5 Å². The van der Waals surface area contributed by atoms with Crippen LogP contribution < -0.4 is 10.5 Å². The minimum absolute atomic E-state index is 0.386. The number of aryl methyl sites for hydroxylation is 1. The summed E-state index contributed by atoms with van der Waals surface area (Å²) in [4.78, 5) is 4.23. The van der Waals surface area contributed by atoms with E-state index in [1.54, 1.807) is 12.3 Å². The van der Waals surface area contributed by atoms with E-state index >= 15 is 0 Å². The minimum atomic E-state index is 0.386. The quantitative estimate of drug-likeness (QED) is 0.767. The maximum absolute atomic E-state index is 5.81. The van der Waals surface area contributed by atoms with E-state index in [9.17, 15) is 0 Å². The molecule has 0 unspecified atom stereocenters. The molecule has 1 aromatic heterocycles. The fourth-order valence-electron chi connectivity index (χ4n) is 1.25. The Labute approximate surface area is 77.9 Å². The number of rotatable bonds is 3. The summed E-state index contributed by atoms with van der Waals surface area (Å²) >= 11 is 0. The van der Waals surface area contributed by atoms with Crippen LogP contribution in [0, 0.1) is 0 Å². The van der Waals surface area contributed by atoms with Crippen molar-refractivity contribution in [2.45, 2.75) is 32.3 Å². The molecule has 0 atom stereocenters. The third-order valence-corrected chi connectivity index (χ3v) is 2.15. The highest BCUT2D eigenvalue weighted by molar-refractivity contribution is 5.54. The highest BCUT2D eigenvalue weighted by Gasteiger charge is 2.25. The predicted octanol–water partition coefficient (Wildman–Crippen LogP) is 1.77. The molecule has 1 aromatic rings. The van der Waals surface area contributed by atoms with Crippen molar-refractivity contribution < 1.29 is 4.74 Å². The third kappa shape index (κ3) is 1.74. The first kappa shape index (κ1) is 8.35. The number of nitrogen functional groups attached to an aromatic ring is 1. The lowest BCUT2D eigenvalue weighted by Gasteiger charge is -2.10. The zero-order valence-corrected chi connectivity index (χ0v) is 7.79. The van der Waals surface area contributed by atoms with Crippen LogP contribution in [0.25, 0.3) is 0 Å². The van der Waals surface area contributed by atoms with Crippen molar-refractivity contribution in [2.75, 3.05) is 5.73 Å². The van der Waals surface area contributed by atoms with Gasteiger partial charge in [-0.05, 0) is 25.3 Å². The second-order valence-electron chi connectivity index (χ2n) is 3.35. The molecule has 3 nitrogen and oxygen atoms in total. The van der Waals surface area contributed by atoms with Crippen molar-refractivity contribution in [3.63, 3.8) is 0 Å². The summed E-state index contributed by atoms with van der Waals surface area (Å²) in [6.45, 7) is 2.06. The van der Waals surface area contributed by atoms with Gasteiger partial charge in [-0.1, -0.05) is 6.92 Å². The summed E-state index contributed by atoms with van der Waals surface area (Å²) < 4.78 is 5.69. The largest absolute Gasteiger partial charge is 0.486 e. The van der Waals surface area contributed by atoms with Gasteiger partial charge in [0, 0.05) is 6.20 Å². The van der Waals surface area contributed by atoms with Crippen molar-refractivity contribution in [1.29, 1.82) is 0 Å². The van der Waals surface area contributed by atoms with Crippen LogP contribution in [0.3, 0.4) is 0 Å². The van der Waals surface area contributed by atoms with Crippen LogP contribution in [0.5, 0.6) is 5.75 Å². The van der Waals surface area contributed by atoms with Crippen molar-refractivity contribution in [1.82, 2.24) is 4.98 Å². The summed E-state index contributed by atoms with van der Waals surface area (Å²) in [5.41, 5.74) is 7.48. The normalized spacial score (nSPS) is 15.8. The first-order valence-electron chi connectivity index (χ1n) is 4.71. The first-order valence-corrected chi connectivity index (χ1v) is 4.71. The molecule has 1 heterocycles. The number of aromatic nitrogens is 1. The number of anilines is 1. The SMILES string of the molecule is CCc1nccc(N)c1OC1CC1. The van der Waals surface area contributed by atoms with Crippen LogP contribution in [0.15, 0.2) is 12.3 Å². The standard InChI is InChI=1S/C10H14N2O/c1-2-9-10(13-7-3-4-7)8(11)5-6-12-9/h5-7H,2-4H2,1H3,(H2,11,12). The molecule has 1 aliphatic rings. The Morgan fingerprint density at radius 1 is 1.62 bits per heavy atom. The Kier molecular flexibility index (Phi) is 2.08. The van der Waals surface area contributed by atoms with Gasteiger partial charge in [0.2, 0.25) is 0 Å². The Hall–Kier alpha value is -1.25. The van der Waals surface area contributed by atoms with Gasteiger partial charge in [-0.3, -0.25) is 4.98 Å². The van der Waals surface area contributed by atoms with Crippen molar-refractivity contribution >= 4 is 5.69 Å². The smallest absolute Gasteiger partial charge is 0.164 e. The van der Waals surface area contributed by atoms with Gasteiger partial charge in [0.25, 0.3) is 0 Å². The molecule has 70 valence electrons. The summed E-state index contributed by atoms with van der Waals surface area (Å²) in [5, 5.41) is 0. The summed E-state index contributed by atoms with van der Waals surface area (Å²) in [5.74, 6) is 0.799. The van der Waals surface area contributed by atoms with E-state index in [1.165, 1.54) is 0 Å². The van der Waals surface area contributed by atoms with Crippen molar-refractivity contribution in [3.05, 3.63) is 18.0 Å². The number of ether oxygens (including phenoxy) is 1. The summed E-state index contributed by atoms with van der Waals surface area (Å²) in [7, 11) is 0. The molecular weight excluding hydrogens is 164 g/mol. The number of hydrogen-bond acceptors (Lipinski definition) is 3. The Bertz CT molecular complexity index is 308. The molecule has 2 N–H and O–H groups in total. The average molecular weight is 178 g/mol. The fourth-order valence-corrected chi connectivity index (χ4v) is 1.25. The average Bonchev–Trinajstić information content (AvgIpc) is 2.92. The molecule has 1 saturated carbocycles. The predicted molar refractivity (Wildman–Crippen MR) is 51.7 cm³/mol. The highest BCUT2D eigenvalue weighted by Crippen LogP contribution is 2.32. The lowest BCUT2D eigenvalue weighted by molar-refractivity contribution is 0.300. The lowest BCUT2D eigenvalue weighted by Crippen LogP contribution is -2.04. The Balaban J connectivity index is 2.27. The molecule has 0 bridgehead atoms. The topological polar surface area (TPSA) is 48.1 Å². The Morgan fingerprint density at radius 3 is 3.00 bits per heavy atom. The molecule has 0 spiro atoms. The maximum atomic E-state index is 5.81. The second kappa shape index (κ2) is 3.24. The van der Waals surface area contributed by atoms with E-state index in [0.29, 0.717) is 11.8 Å². The molecule has 0 amide bonds. The molecule has 0 radical (unpaired) electrons. The number of hydrogen-bond donors (Lipinski definition) is 1. The molecule has 0 saturated heterocycles. The summed E-state index contributed by atoms with van der Waals surface area (Å²) in [6.07, 6.45) is 5.28. The molecule has 13 heavy (non-hydrogen) atoms. The van der Waals surface area contributed by atoms with Gasteiger partial charge in [0.05, 0.1) is 17.5 Å². The van der Waals surface area contributed by atoms with Gasteiger partial charge in [-0.15, -0.1) is 0 Å². The Morgan fingerprint density at radius 2 is 2.38 bits per heavy atom. The van der Waals surface area contributed by atoms with Crippen LogP contribution >= 0.6 is 0 Å². The fraction of sp³-hybridized carbons (Fsp3) is 0.500. The molecule has 1 aliphatic carbocycles. The molecule has 0 aliphatic heterocycles. The van der Waals surface area contributed by atoms with Crippen LogP contribution in [-0.2, 0) is 6.42 Å². The lowest BCUT2D eigenvalue weighted by atomic mass is 10.2. The van der Waals surface area contributed by atoms with E-state index in [0.717, 1.165) is 30.7 Å². The van der Waals surface area contributed by atoms with Gasteiger partial charge in [-0.2, -0.15) is 0 Å². The zero-order chi connectivity index (χ0) is 9.26. The molecule has 2 rings (SSSR count). The van der Waals surface area contributed by atoms with E-state index in [-0.39, 0.29) is 0 Å². The number of pyridine rings is 1. The van der Waals surface area contributed by atoms with Crippen LogP contribution in [0.1, 0.15) is 25.5 Å². The van der Waals surface area contributed by atoms with Gasteiger partial charge >= 0.3 is 0 Å². The van der Waals surface area contributed by atoms with Gasteiger partial charge in [0.1, 0.15) is 0 Å². The van der Waals surface area contributed by atoms with Crippen molar-refractivity contribution in [2.24, 2.45) is 0 Å². The third-order valence-electron chi connectivity index (χ3n) is 2.15. The van der Waals surface area contributed by atoms with E-state index in [1.807, 2.05) is 0 Å². The van der Waals surface area contributed by atoms with Gasteiger partial charge in [-0.25, -0.2) is 0 Å². The van der Waals surface area contributed by atoms with Crippen LogP contribution in [0.2, 0.25) is 0 Å². The zero-order valence-electron chi connectivity index (χ0n) is 7.79. The molecule has 0 aromatic carbocycles. The maximum Gasteiger partial charge on any atom is 0.164 e. The summed E-state index contributed by atoms with van der Waals surface area (Å²) in [6, 6.07) is 1.79. The van der Waals surface area contributed by atoms with Crippen LogP contribution in [0.4, 0.5) is 5.69 Å². The first-order chi connectivity index (χ1) is 6.31. The van der Waals surface area contributed by atoms with Gasteiger partial charge < -0.3 is 10.5 Å². The molecular formula is C10H14N2O. The minimum Gasteiger partial charge on any atom is -0.486 e. The second-order valence-corrected chi connectivity index (χ2v) is 3.35. The monoisotopic (exact) mass is 178 g/mol. The van der Waals surface area contributed by atoms with Gasteiger partial charge in [0.15, 0.2) is 5.75 Å². The number of nitrogens with zero attached hydrogens (tertiary/aromatic N) is 1. The highest BCUT2D eigenvalue weighted by atomic mass is 16.5. The molecule has 1 fully saturated rings. The number of nitrogens with two attached hydrogens (primary N) is 1. The van der Waals surface area contributed by atoms with Crippen LogP contribution in [-0.4, -0.2) is 11.1 Å². The molecule has 3 heteroatoms. The van der Waals surface area contributed by atoms with E-state index < -0.39 is 0 Å². The van der Waals surface area contributed by atoms with E-state index in [2.05, 4.69) is 11.9 Å². The van der Waals surface area contributed by atoms with Crippen molar-refractivity contribution in [3.8, 4) is 5.75 Å².